The molecule has 0 unspecified atom stereocenters. The van der Waals surface area contributed by atoms with Gasteiger partial charge in [0.25, 0.3) is 0 Å². The summed E-state index contributed by atoms with van der Waals surface area (Å²) >= 11 is 0. The summed E-state index contributed by atoms with van der Waals surface area (Å²) in [6.07, 6.45) is 3.04. The second-order valence-electron chi connectivity index (χ2n) is 3.91. The molecule has 0 saturated carbocycles. The van der Waals surface area contributed by atoms with Crippen LogP contribution < -0.4 is 0 Å². The average Bonchev–Trinajstić information content (AvgIpc) is 2.41. The summed E-state index contributed by atoms with van der Waals surface area (Å²) in [7, 11) is 2.13. The molecular weight excluding hydrogens is 174 g/mol. The third-order valence-corrected chi connectivity index (χ3v) is 2.94. The quantitative estimate of drug-likeness (QED) is 0.624. The summed E-state index contributed by atoms with van der Waals surface area (Å²) in [5, 5.41) is 0. The fourth-order valence-electron chi connectivity index (χ4n) is 2.03. The minimum atomic E-state index is 0.873. The van der Waals surface area contributed by atoms with Gasteiger partial charge in [0, 0.05) is 18.7 Å². The Hall–Kier alpha value is -1.15. The summed E-state index contributed by atoms with van der Waals surface area (Å²) in [4.78, 5) is 13.2. The van der Waals surface area contributed by atoms with Gasteiger partial charge < -0.3 is 4.90 Å². The Bertz CT molecular complexity index is 346. The van der Waals surface area contributed by atoms with Crippen LogP contribution in [0.3, 0.4) is 0 Å². The molecule has 0 atom stereocenters. The second kappa shape index (κ2) is 3.93. The smallest absolute Gasteiger partial charge is 0.150 e. The van der Waals surface area contributed by atoms with Crippen molar-refractivity contribution < 1.29 is 4.79 Å². The molecule has 2 nitrogen and oxygen atoms in total. The number of hydrogen-bond acceptors (Lipinski definition) is 2. The molecule has 1 aliphatic heterocycles. The Labute approximate surface area is 84.5 Å². The highest BCUT2D eigenvalue weighted by Crippen LogP contribution is 2.18. The number of nitrogens with zero attached hydrogens (tertiary/aromatic N) is 1. The van der Waals surface area contributed by atoms with Crippen LogP contribution in [0.15, 0.2) is 18.2 Å². The van der Waals surface area contributed by atoms with Crippen molar-refractivity contribution in [2.24, 2.45) is 0 Å². The molecule has 0 aliphatic carbocycles. The molecule has 2 heteroatoms. The molecule has 0 spiro atoms. The van der Waals surface area contributed by atoms with E-state index in [4.69, 9.17) is 0 Å². The first-order valence-corrected chi connectivity index (χ1v) is 5.06. The topological polar surface area (TPSA) is 20.3 Å². The maximum absolute atomic E-state index is 10.9. The van der Waals surface area contributed by atoms with Crippen molar-refractivity contribution in [1.82, 2.24) is 4.90 Å². The van der Waals surface area contributed by atoms with Crippen LogP contribution in [0.1, 0.15) is 21.5 Å². The molecule has 0 aromatic heterocycles. The zero-order chi connectivity index (χ0) is 9.97. The highest BCUT2D eigenvalue weighted by Gasteiger charge is 2.13. The summed E-state index contributed by atoms with van der Waals surface area (Å²) in [6.45, 7) is 2.15. The van der Waals surface area contributed by atoms with E-state index < -0.39 is 0 Å². The highest BCUT2D eigenvalue weighted by atomic mass is 16.1. The van der Waals surface area contributed by atoms with Crippen molar-refractivity contribution >= 4 is 6.29 Å². The summed E-state index contributed by atoms with van der Waals surface area (Å²) in [6, 6.07) is 6.03. The molecule has 2 rings (SSSR count). The highest BCUT2D eigenvalue weighted by molar-refractivity contribution is 5.78. The number of carbonyl (C=O) groups is 1. The number of likely N-dealkylation sites (N-methyl/N-ethyl adjacent to an activating group) is 1. The van der Waals surface area contributed by atoms with Gasteiger partial charge in [0.2, 0.25) is 0 Å². The van der Waals surface area contributed by atoms with E-state index >= 15 is 0 Å². The summed E-state index contributed by atoms with van der Waals surface area (Å²) < 4.78 is 0. The first-order chi connectivity index (χ1) is 6.81. The van der Waals surface area contributed by atoms with E-state index in [0.29, 0.717) is 0 Å². The maximum Gasteiger partial charge on any atom is 0.150 e. The van der Waals surface area contributed by atoms with Crippen molar-refractivity contribution in [1.29, 1.82) is 0 Å². The van der Waals surface area contributed by atoms with E-state index in [2.05, 4.69) is 18.0 Å². The van der Waals surface area contributed by atoms with Crippen LogP contribution in [0.4, 0.5) is 0 Å². The monoisotopic (exact) mass is 189 g/mol. The normalized spacial score (nSPS) is 17.2. The lowest BCUT2D eigenvalue weighted by Gasteiger charge is -2.11. The van der Waals surface area contributed by atoms with Crippen molar-refractivity contribution in [2.45, 2.75) is 12.8 Å². The molecule has 1 aromatic rings. The molecule has 0 amide bonds. The van der Waals surface area contributed by atoms with Crippen LogP contribution in [-0.2, 0) is 12.8 Å². The fraction of sp³-hybridized carbons (Fsp3) is 0.417. The molecule has 74 valence electrons. The Balaban J connectivity index is 2.39. The maximum atomic E-state index is 10.9. The van der Waals surface area contributed by atoms with Crippen LogP contribution >= 0.6 is 0 Å². The second-order valence-corrected chi connectivity index (χ2v) is 3.91. The van der Waals surface area contributed by atoms with Crippen molar-refractivity contribution in [3.05, 3.63) is 34.9 Å². The average molecular weight is 189 g/mol. The van der Waals surface area contributed by atoms with Gasteiger partial charge in [-0.3, -0.25) is 4.79 Å². The molecule has 0 radical (unpaired) electrons. The van der Waals surface area contributed by atoms with E-state index in [0.717, 1.165) is 37.8 Å². The fourth-order valence-corrected chi connectivity index (χ4v) is 2.03. The van der Waals surface area contributed by atoms with E-state index in [9.17, 15) is 4.79 Å². The molecule has 0 fully saturated rings. The van der Waals surface area contributed by atoms with Crippen molar-refractivity contribution in [3.63, 3.8) is 0 Å². The van der Waals surface area contributed by atoms with Gasteiger partial charge in [-0.1, -0.05) is 18.2 Å². The van der Waals surface area contributed by atoms with Gasteiger partial charge >= 0.3 is 0 Å². The van der Waals surface area contributed by atoms with Gasteiger partial charge in [0.05, 0.1) is 0 Å². The Morgan fingerprint density at radius 3 is 2.86 bits per heavy atom. The Morgan fingerprint density at radius 1 is 1.29 bits per heavy atom. The van der Waals surface area contributed by atoms with Crippen LogP contribution in [-0.4, -0.2) is 31.3 Å². The zero-order valence-electron chi connectivity index (χ0n) is 8.49. The minimum absolute atomic E-state index is 0.873. The lowest BCUT2D eigenvalue weighted by molar-refractivity contribution is 0.112. The SMILES string of the molecule is CN1CCc2cccc(C=O)c2CC1. The molecule has 0 N–H and O–H groups in total. The van der Waals surface area contributed by atoms with E-state index in [1.165, 1.54) is 11.1 Å². The number of carbonyl (C=O) groups excluding carboxylic acids is 1. The molecule has 0 saturated heterocycles. The van der Waals surface area contributed by atoms with Crippen LogP contribution in [0.2, 0.25) is 0 Å². The number of rotatable bonds is 1. The number of benzene rings is 1. The molecule has 14 heavy (non-hydrogen) atoms. The van der Waals surface area contributed by atoms with E-state index in [-0.39, 0.29) is 0 Å². The van der Waals surface area contributed by atoms with Crippen molar-refractivity contribution in [3.8, 4) is 0 Å². The van der Waals surface area contributed by atoms with Crippen LogP contribution in [0, 0.1) is 0 Å². The van der Waals surface area contributed by atoms with Gasteiger partial charge in [0.15, 0.2) is 0 Å². The minimum Gasteiger partial charge on any atom is -0.306 e. The molecule has 1 aliphatic rings. The van der Waals surface area contributed by atoms with Crippen LogP contribution in [0.5, 0.6) is 0 Å². The lowest BCUT2D eigenvalue weighted by Crippen LogP contribution is -2.20. The molecule has 1 aromatic carbocycles. The van der Waals surface area contributed by atoms with Gasteiger partial charge in [-0.25, -0.2) is 0 Å². The first-order valence-electron chi connectivity index (χ1n) is 5.06. The summed E-state index contributed by atoms with van der Waals surface area (Å²) in [5.41, 5.74) is 3.48. The van der Waals surface area contributed by atoms with Gasteiger partial charge in [-0.05, 0) is 31.0 Å². The number of aldehydes is 1. The third kappa shape index (κ3) is 1.70. The zero-order valence-corrected chi connectivity index (χ0v) is 8.49. The third-order valence-electron chi connectivity index (χ3n) is 2.94. The van der Waals surface area contributed by atoms with Gasteiger partial charge in [0.1, 0.15) is 6.29 Å². The number of hydrogen-bond donors (Lipinski definition) is 0. The standard InChI is InChI=1S/C12H15NO/c1-13-7-5-10-3-2-4-11(9-14)12(10)6-8-13/h2-4,9H,5-8H2,1H3. The molecular formula is C12H15NO. The van der Waals surface area contributed by atoms with Crippen molar-refractivity contribution in [2.75, 3.05) is 20.1 Å². The Kier molecular flexibility index (Phi) is 2.64. The molecule has 1 heterocycles. The van der Waals surface area contributed by atoms with E-state index in [1.807, 2.05) is 12.1 Å². The predicted octanol–water partition coefficient (Wildman–Crippen LogP) is 1.53. The van der Waals surface area contributed by atoms with Gasteiger partial charge in [-0.15, -0.1) is 0 Å². The molecule has 0 bridgehead atoms. The van der Waals surface area contributed by atoms with Crippen LogP contribution in [0.25, 0.3) is 0 Å². The first kappa shape index (κ1) is 9.41. The largest absolute Gasteiger partial charge is 0.306 e. The van der Waals surface area contributed by atoms with E-state index in [1.54, 1.807) is 0 Å². The number of fused-ring (bicyclic) bond motifs is 1. The predicted molar refractivity (Wildman–Crippen MR) is 56.7 cm³/mol. The Morgan fingerprint density at radius 2 is 2.07 bits per heavy atom. The lowest BCUT2D eigenvalue weighted by atomic mass is 9.98. The summed E-state index contributed by atoms with van der Waals surface area (Å²) in [5.74, 6) is 0. The van der Waals surface area contributed by atoms with Gasteiger partial charge in [-0.2, -0.15) is 0 Å².